The van der Waals surface area contributed by atoms with E-state index in [9.17, 15) is 14.7 Å². The van der Waals surface area contributed by atoms with Crippen LogP contribution in [0.15, 0.2) is 0 Å². The smallest absolute Gasteiger partial charge is 0.306 e. The molecule has 1 heterocycles. The first-order valence-electron chi connectivity index (χ1n) is 7.88. The van der Waals surface area contributed by atoms with E-state index in [1.807, 2.05) is 0 Å². The van der Waals surface area contributed by atoms with Crippen molar-refractivity contribution in [3.63, 3.8) is 0 Å². The SMILES string of the molecule is O=C(CCN1CCCC1)NCC1CCCCC1C(=O)O. The third-order valence-corrected chi connectivity index (χ3v) is 4.64. The number of rotatable bonds is 6. The Morgan fingerprint density at radius 1 is 1.10 bits per heavy atom. The van der Waals surface area contributed by atoms with Gasteiger partial charge in [-0.15, -0.1) is 0 Å². The average molecular weight is 282 g/mol. The lowest BCUT2D eigenvalue weighted by atomic mass is 9.79. The van der Waals surface area contributed by atoms with Crippen LogP contribution in [-0.2, 0) is 9.59 Å². The van der Waals surface area contributed by atoms with E-state index in [4.69, 9.17) is 0 Å². The molecule has 0 aromatic heterocycles. The van der Waals surface area contributed by atoms with Crippen molar-refractivity contribution in [3.05, 3.63) is 0 Å². The van der Waals surface area contributed by atoms with Gasteiger partial charge in [0.05, 0.1) is 5.92 Å². The minimum atomic E-state index is -0.707. The molecule has 1 saturated heterocycles. The van der Waals surface area contributed by atoms with Crippen LogP contribution in [0.25, 0.3) is 0 Å². The van der Waals surface area contributed by atoms with Gasteiger partial charge in [-0.25, -0.2) is 0 Å². The van der Waals surface area contributed by atoms with Gasteiger partial charge in [-0.05, 0) is 44.7 Å². The normalized spacial score (nSPS) is 27.4. The predicted octanol–water partition coefficient (Wildman–Crippen LogP) is 1.48. The van der Waals surface area contributed by atoms with Crippen molar-refractivity contribution < 1.29 is 14.7 Å². The molecule has 20 heavy (non-hydrogen) atoms. The Morgan fingerprint density at radius 2 is 1.80 bits per heavy atom. The van der Waals surface area contributed by atoms with Crippen LogP contribution in [0.3, 0.4) is 0 Å². The van der Waals surface area contributed by atoms with Gasteiger partial charge in [0.1, 0.15) is 0 Å². The second-order valence-corrected chi connectivity index (χ2v) is 6.09. The van der Waals surface area contributed by atoms with E-state index in [1.54, 1.807) is 0 Å². The Balaban J connectivity index is 1.67. The molecule has 2 rings (SSSR count). The predicted molar refractivity (Wildman–Crippen MR) is 76.4 cm³/mol. The van der Waals surface area contributed by atoms with Crippen LogP contribution < -0.4 is 5.32 Å². The van der Waals surface area contributed by atoms with E-state index in [2.05, 4.69) is 10.2 Å². The molecule has 0 aromatic carbocycles. The van der Waals surface area contributed by atoms with Crippen LogP contribution in [0, 0.1) is 11.8 Å². The first-order chi connectivity index (χ1) is 9.66. The van der Waals surface area contributed by atoms with E-state index in [0.717, 1.165) is 45.3 Å². The summed E-state index contributed by atoms with van der Waals surface area (Å²) >= 11 is 0. The summed E-state index contributed by atoms with van der Waals surface area (Å²) in [6, 6.07) is 0. The van der Waals surface area contributed by atoms with E-state index in [0.29, 0.717) is 13.0 Å². The van der Waals surface area contributed by atoms with Gasteiger partial charge in [-0.1, -0.05) is 12.8 Å². The fourth-order valence-corrected chi connectivity index (χ4v) is 3.38. The maximum Gasteiger partial charge on any atom is 0.306 e. The van der Waals surface area contributed by atoms with E-state index in [-0.39, 0.29) is 17.7 Å². The van der Waals surface area contributed by atoms with E-state index in [1.165, 1.54) is 12.8 Å². The quantitative estimate of drug-likeness (QED) is 0.774. The van der Waals surface area contributed by atoms with E-state index >= 15 is 0 Å². The highest BCUT2D eigenvalue weighted by Crippen LogP contribution is 2.29. The number of nitrogens with one attached hydrogen (secondary N) is 1. The molecule has 1 saturated carbocycles. The summed E-state index contributed by atoms with van der Waals surface area (Å²) in [6.07, 6.45) is 6.76. The van der Waals surface area contributed by atoms with Gasteiger partial charge >= 0.3 is 5.97 Å². The minimum absolute atomic E-state index is 0.0617. The van der Waals surface area contributed by atoms with Gasteiger partial charge in [-0.3, -0.25) is 9.59 Å². The zero-order chi connectivity index (χ0) is 14.4. The highest BCUT2D eigenvalue weighted by atomic mass is 16.4. The van der Waals surface area contributed by atoms with Crippen LogP contribution in [0.4, 0.5) is 0 Å². The summed E-state index contributed by atoms with van der Waals surface area (Å²) in [5.41, 5.74) is 0. The molecule has 2 aliphatic rings. The Bertz CT molecular complexity index is 340. The highest BCUT2D eigenvalue weighted by molar-refractivity contribution is 5.76. The zero-order valence-corrected chi connectivity index (χ0v) is 12.1. The molecule has 0 bridgehead atoms. The summed E-state index contributed by atoms with van der Waals surface area (Å²) < 4.78 is 0. The summed E-state index contributed by atoms with van der Waals surface area (Å²) in [4.78, 5) is 25.3. The van der Waals surface area contributed by atoms with Gasteiger partial charge in [0.2, 0.25) is 5.91 Å². The number of aliphatic carboxylic acids is 1. The molecule has 1 aliphatic heterocycles. The Kier molecular flexibility index (Phi) is 5.83. The number of carbonyl (C=O) groups excluding carboxylic acids is 1. The number of carboxylic acid groups (broad SMARTS) is 1. The molecule has 2 N–H and O–H groups in total. The van der Waals surface area contributed by atoms with Crippen LogP contribution in [0.1, 0.15) is 44.9 Å². The third kappa shape index (κ3) is 4.47. The topological polar surface area (TPSA) is 69.6 Å². The van der Waals surface area contributed by atoms with Gasteiger partial charge in [0, 0.05) is 19.5 Å². The molecule has 1 aliphatic carbocycles. The number of nitrogens with zero attached hydrogens (tertiary/aromatic N) is 1. The summed E-state index contributed by atoms with van der Waals surface area (Å²) in [5.74, 6) is -0.813. The van der Waals surface area contributed by atoms with Crippen molar-refractivity contribution in [2.75, 3.05) is 26.2 Å². The number of hydrogen-bond donors (Lipinski definition) is 2. The minimum Gasteiger partial charge on any atom is -0.481 e. The lowest BCUT2D eigenvalue weighted by Crippen LogP contribution is -2.38. The van der Waals surface area contributed by atoms with Crippen molar-refractivity contribution >= 4 is 11.9 Å². The Labute approximate surface area is 120 Å². The first kappa shape index (κ1) is 15.3. The first-order valence-corrected chi connectivity index (χ1v) is 7.88. The van der Waals surface area contributed by atoms with Crippen LogP contribution in [-0.4, -0.2) is 48.1 Å². The number of amides is 1. The molecule has 0 radical (unpaired) electrons. The second-order valence-electron chi connectivity index (χ2n) is 6.09. The standard InChI is InChI=1S/C15H26N2O3/c18-14(7-10-17-8-3-4-9-17)16-11-12-5-1-2-6-13(12)15(19)20/h12-13H,1-11H2,(H,16,18)(H,19,20). The van der Waals surface area contributed by atoms with Crippen molar-refractivity contribution in [3.8, 4) is 0 Å². The van der Waals surface area contributed by atoms with Crippen LogP contribution >= 0.6 is 0 Å². The third-order valence-electron chi connectivity index (χ3n) is 4.64. The van der Waals surface area contributed by atoms with Crippen molar-refractivity contribution in [2.45, 2.75) is 44.9 Å². The molecule has 5 heteroatoms. The number of hydrogen-bond acceptors (Lipinski definition) is 3. The van der Waals surface area contributed by atoms with Crippen molar-refractivity contribution in [1.29, 1.82) is 0 Å². The Hall–Kier alpha value is -1.10. The summed E-state index contributed by atoms with van der Waals surface area (Å²) in [6.45, 7) is 3.57. The number of carboxylic acids is 1. The molecular formula is C15H26N2O3. The lowest BCUT2D eigenvalue weighted by molar-refractivity contribution is -0.145. The van der Waals surface area contributed by atoms with Crippen molar-refractivity contribution in [1.82, 2.24) is 10.2 Å². The second kappa shape index (κ2) is 7.62. The van der Waals surface area contributed by atoms with Crippen LogP contribution in [0.2, 0.25) is 0 Å². The fraction of sp³-hybridized carbons (Fsp3) is 0.867. The van der Waals surface area contributed by atoms with Gasteiger partial charge in [-0.2, -0.15) is 0 Å². The monoisotopic (exact) mass is 282 g/mol. The van der Waals surface area contributed by atoms with Gasteiger partial charge in [0.15, 0.2) is 0 Å². The lowest BCUT2D eigenvalue weighted by Gasteiger charge is -2.28. The van der Waals surface area contributed by atoms with E-state index < -0.39 is 5.97 Å². The molecule has 0 spiro atoms. The fourth-order valence-electron chi connectivity index (χ4n) is 3.38. The number of likely N-dealkylation sites (tertiary alicyclic amines) is 1. The molecule has 1 amide bonds. The molecule has 5 nitrogen and oxygen atoms in total. The average Bonchev–Trinajstić information content (AvgIpc) is 2.96. The van der Waals surface area contributed by atoms with Gasteiger partial charge in [0.25, 0.3) is 0 Å². The summed E-state index contributed by atoms with van der Waals surface area (Å²) in [5, 5.41) is 12.1. The van der Waals surface area contributed by atoms with Gasteiger partial charge < -0.3 is 15.3 Å². The van der Waals surface area contributed by atoms with Crippen molar-refractivity contribution in [2.24, 2.45) is 11.8 Å². The van der Waals surface area contributed by atoms with Crippen LogP contribution in [0.5, 0.6) is 0 Å². The largest absolute Gasteiger partial charge is 0.481 e. The molecule has 0 aromatic rings. The molecule has 2 fully saturated rings. The summed E-state index contributed by atoms with van der Waals surface area (Å²) in [7, 11) is 0. The Morgan fingerprint density at radius 3 is 2.50 bits per heavy atom. The maximum absolute atomic E-state index is 11.8. The zero-order valence-electron chi connectivity index (χ0n) is 12.1. The number of carbonyl (C=O) groups is 2. The maximum atomic E-state index is 11.8. The molecular weight excluding hydrogens is 256 g/mol. The highest BCUT2D eigenvalue weighted by Gasteiger charge is 2.30. The molecule has 114 valence electrons. The molecule has 2 atom stereocenters. The molecule has 2 unspecified atom stereocenters.